The monoisotopic (exact) mass is 438 g/mol. The normalized spacial score (nSPS) is 19.0. The van der Waals surface area contributed by atoms with Crippen LogP contribution < -0.4 is 10.2 Å². The number of anilines is 2. The molecule has 0 saturated heterocycles. The van der Waals surface area contributed by atoms with Crippen LogP contribution in [-0.4, -0.2) is 34.3 Å². The highest BCUT2D eigenvalue weighted by molar-refractivity contribution is 6.07. The van der Waals surface area contributed by atoms with Gasteiger partial charge < -0.3 is 10.2 Å². The molecule has 0 bridgehead atoms. The van der Waals surface area contributed by atoms with Crippen molar-refractivity contribution in [1.29, 1.82) is 0 Å². The van der Waals surface area contributed by atoms with Crippen LogP contribution in [0.3, 0.4) is 0 Å². The molecule has 2 amide bonds. The summed E-state index contributed by atoms with van der Waals surface area (Å²) in [6.45, 7) is 4.04. The minimum absolute atomic E-state index is 0.0776. The molecule has 1 unspecified atom stereocenters. The van der Waals surface area contributed by atoms with Gasteiger partial charge in [-0.05, 0) is 49.2 Å². The van der Waals surface area contributed by atoms with Crippen molar-refractivity contribution >= 4 is 23.2 Å². The number of benzene rings is 2. The molecular weight excluding hydrogens is 412 g/mol. The number of aromatic nitrogens is 1. The summed E-state index contributed by atoms with van der Waals surface area (Å²) in [4.78, 5) is 35.3. The molecule has 1 N–H and O–H groups in total. The zero-order chi connectivity index (χ0) is 23.2. The molecule has 0 spiro atoms. The lowest BCUT2D eigenvalue weighted by Crippen LogP contribution is -2.43. The number of nitrogens with one attached hydrogen (secondary N) is 1. The summed E-state index contributed by atoms with van der Waals surface area (Å²) in [6.07, 6.45) is 3.63. The molecule has 5 rings (SSSR count). The molecule has 0 saturated carbocycles. The van der Waals surface area contributed by atoms with Crippen LogP contribution in [0.2, 0.25) is 0 Å². The number of hydrogen-bond acceptors (Lipinski definition) is 4. The first-order valence-electron chi connectivity index (χ1n) is 11.0. The highest BCUT2D eigenvalue weighted by Crippen LogP contribution is 2.48. The van der Waals surface area contributed by atoms with Gasteiger partial charge in [0.2, 0.25) is 5.91 Å². The number of fused-ring (bicyclic) bond motifs is 1. The molecule has 0 fully saturated rings. The van der Waals surface area contributed by atoms with Crippen molar-refractivity contribution in [2.45, 2.75) is 31.8 Å². The molecule has 166 valence electrons. The maximum atomic E-state index is 13.9. The highest BCUT2D eigenvalue weighted by Gasteiger charge is 2.50. The van der Waals surface area contributed by atoms with E-state index in [-0.39, 0.29) is 18.2 Å². The van der Waals surface area contributed by atoms with E-state index >= 15 is 0 Å². The van der Waals surface area contributed by atoms with Crippen LogP contribution in [0.4, 0.5) is 11.4 Å². The van der Waals surface area contributed by atoms with Crippen molar-refractivity contribution < 1.29 is 9.59 Å². The molecule has 33 heavy (non-hydrogen) atoms. The number of carbonyl (C=O) groups excluding carboxylic acids is 2. The summed E-state index contributed by atoms with van der Waals surface area (Å²) in [5.41, 5.74) is 4.18. The first kappa shape index (κ1) is 20.9. The van der Waals surface area contributed by atoms with Gasteiger partial charge in [-0.3, -0.25) is 19.5 Å². The maximum Gasteiger partial charge on any atom is 0.254 e. The topological polar surface area (TPSA) is 65.5 Å². The smallest absolute Gasteiger partial charge is 0.254 e. The maximum absolute atomic E-state index is 13.9. The van der Waals surface area contributed by atoms with Gasteiger partial charge in [0, 0.05) is 19.4 Å². The minimum atomic E-state index is -0.577. The summed E-state index contributed by atoms with van der Waals surface area (Å²) in [5.74, 6) is -0.166. The molecule has 3 aromatic rings. The van der Waals surface area contributed by atoms with Crippen molar-refractivity contribution in [1.82, 2.24) is 9.88 Å². The summed E-state index contributed by atoms with van der Waals surface area (Å²) in [5, 5.41) is 3.53. The molecule has 0 radical (unpaired) electrons. The molecule has 0 aliphatic carbocycles. The number of nitrogens with zero attached hydrogens (tertiary/aromatic N) is 3. The van der Waals surface area contributed by atoms with Crippen LogP contribution in [0.1, 0.15) is 31.0 Å². The first-order valence-corrected chi connectivity index (χ1v) is 11.0. The van der Waals surface area contributed by atoms with E-state index in [9.17, 15) is 9.59 Å². The molecule has 6 heteroatoms. The highest BCUT2D eigenvalue weighted by atomic mass is 16.2. The van der Waals surface area contributed by atoms with Crippen LogP contribution >= 0.6 is 0 Å². The van der Waals surface area contributed by atoms with Gasteiger partial charge in [-0.1, -0.05) is 42.5 Å². The second kappa shape index (κ2) is 7.89. The Morgan fingerprint density at radius 2 is 1.67 bits per heavy atom. The number of hydrogen-bond donors (Lipinski definition) is 1. The summed E-state index contributed by atoms with van der Waals surface area (Å²) < 4.78 is 0. The number of pyridine rings is 1. The largest absolute Gasteiger partial charge is 0.355 e. The van der Waals surface area contributed by atoms with E-state index in [0.717, 1.165) is 28.2 Å². The Balaban J connectivity index is 1.75. The fourth-order valence-corrected chi connectivity index (χ4v) is 4.70. The summed E-state index contributed by atoms with van der Waals surface area (Å²) in [7, 11) is 1.81. The SMILES string of the molecule is CN1C(=O)C2=C(Nc3ccccc3N(C(=O)Cc3ccccc3)C2c2ccncc2)C1(C)C. The summed E-state index contributed by atoms with van der Waals surface area (Å²) in [6, 6.07) is 20.6. The number of amides is 2. The van der Waals surface area contributed by atoms with E-state index in [1.165, 1.54) is 0 Å². The van der Waals surface area contributed by atoms with Crippen molar-refractivity contribution in [3.63, 3.8) is 0 Å². The third kappa shape index (κ3) is 3.39. The quantitative estimate of drug-likeness (QED) is 0.661. The summed E-state index contributed by atoms with van der Waals surface area (Å²) >= 11 is 0. The van der Waals surface area contributed by atoms with E-state index < -0.39 is 11.6 Å². The second-order valence-corrected chi connectivity index (χ2v) is 8.96. The Morgan fingerprint density at radius 3 is 2.39 bits per heavy atom. The Hall–Kier alpha value is -3.93. The lowest BCUT2D eigenvalue weighted by Gasteiger charge is -2.34. The van der Waals surface area contributed by atoms with Crippen LogP contribution in [0.15, 0.2) is 90.4 Å². The van der Waals surface area contributed by atoms with Crippen LogP contribution in [-0.2, 0) is 16.0 Å². The molecule has 2 aliphatic heterocycles. The Labute approximate surface area is 193 Å². The van der Waals surface area contributed by atoms with Gasteiger partial charge in [-0.25, -0.2) is 0 Å². The van der Waals surface area contributed by atoms with Gasteiger partial charge in [0.1, 0.15) is 0 Å². The Bertz CT molecular complexity index is 1250. The predicted molar refractivity (Wildman–Crippen MR) is 129 cm³/mol. The third-order valence-corrected chi connectivity index (χ3v) is 6.70. The fourth-order valence-electron chi connectivity index (χ4n) is 4.70. The molecule has 6 nitrogen and oxygen atoms in total. The molecule has 1 atom stereocenters. The molecule has 2 aromatic carbocycles. The van der Waals surface area contributed by atoms with Gasteiger partial charge in [-0.2, -0.15) is 0 Å². The average Bonchev–Trinajstić information content (AvgIpc) is 2.95. The van der Waals surface area contributed by atoms with Gasteiger partial charge in [0.15, 0.2) is 0 Å². The molecule has 3 heterocycles. The lowest BCUT2D eigenvalue weighted by molar-refractivity contribution is -0.127. The Kier molecular flexibility index (Phi) is 5.01. The van der Waals surface area contributed by atoms with Crippen LogP contribution in [0.5, 0.6) is 0 Å². The van der Waals surface area contributed by atoms with E-state index in [1.807, 2.05) is 87.6 Å². The average molecular weight is 439 g/mol. The number of rotatable bonds is 3. The van der Waals surface area contributed by atoms with Crippen molar-refractivity contribution in [3.05, 3.63) is 102 Å². The Morgan fingerprint density at radius 1 is 1.00 bits per heavy atom. The second-order valence-electron chi connectivity index (χ2n) is 8.96. The first-order chi connectivity index (χ1) is 15.9. The van der Waals surface area contributed by atoms with Crippen molar-refractivity contribution in [2.75, 3.05) is 17.3 Å². The molecule has 2 aliphatic rings. The van der Waals surface area contributed by atoms with Crippen molar-refractivity contribution in [2.24, 2.45) is 0 Å². The molecule has 1 aromatic heterocycles. The van der Waals surface area contributed by atoms with Gasteiger partial charge in [0.25, 0.3) is 5.91 Å². The van der Waals surface area contributed by atoms with E-state index in [1.54, 1.807) is 22.2 Å². The van der Waals surface area contributed by atoms with Crippen LogP contribution in [0, 0.1) is 0 Å². The van der Waals surface area contributed by atoms with Gasteiger partial charge in [0.05, 0.1) is 40.6 Å². The molecular formula is C27H26N4O2. The van der Waals surface area contributed by atoms with E-state index in [4.69, 9.17) is 0 Å². The lowest BCUT2D eigenvalue weighted by atomic mass is 9.92. The zero-order valence-electron chi connectivity index (χ0n) is 18.9. The minimum Gasteiger partial charge on any atom is -0.355 e. The predicted octanol–water partition coefficient (Wildman–Crippen LogP) is 4.33. The number of likely N-dealkylation sites (N-methyl/N-ethyl adjacent to an activating group) is 1. The standard InChI is InChI=1S/C27H26N4O2/c1-27(2)25-23(26(33)30(27)3)24(19-13-15-28-16-14-19)31(21-12-8-7-11-20(21)29-25)22(32)17-18-9-5-4-6-10-18/h4-16,24,29H,17H2,1-3H3. The van der Waals surface area contributed by atoms with E-state index in [0.29, 0.717) is 5.57 Å². The number of para-hydroxylation sites is 2. The van der Waals surface area contributed by atoms with Gasteiger partial charge >= 0.3 is 0 Å². The van der Waals surface area contributed by atoms with E-state index in [2.05, 4.69) is 10.3 Å². The zero-order valence-corrected chi connectivity index (χ0v) is 18.9. The number of carbonyl (C=O) groups is 2. The van der Waals surface area contributed by atoms with Crippen LogP contribution in [0.25, 0.3) is 0 Å². The fraction of sp³-hybridized carbons (Fsp3) is 0.222. The van der Waals surface area contributed by atoms with Gasteiger partial charge in [-0.15, -0.1) is 0 Å². The van der Waals surface area contributed by atoms with Crippen molar-refractivity contribution in [3.8, 4) is 0 Å². The third-order valence-electron chi connectivity index (χ3n) is 6.70.